The Labute approximate surface area is 111 Å². The number of nitrogens with one attached hydrogen (secondary N) is 2. The number of carbonyl (C=O) groups excluding carboxylic acids is 1. The number of benzene rings is 2. The topological polar surface area (TPSA) is 41.1 Å². The van der Waals surface area contributed by atoms with E-state index in [-0.39, 0.29) is 11.7 Å². The molecule has 0 unspecified atom stereocenters. The van der Waals surface area contributed by atoms with Gasteiger partial charge in [-0.2, -0.15) is 0 Å². The van der Waals surface area contributed by atoms with Gasteiger partial charge in [0.15, 0.2) is 0 Å². The van der Waals surface area contributed by atoms with Crippen LogP contribution in [0.2, 0.25) is 0 Å². The van der Waals surface area contributed by atoms with Gasteiger partial charge in [-0.3, -0.25) is 4.79 Å². The number of rotatable bonds is 3. The average Bonchev–Trinajstić information content (AvgIpc) is 2.41. The summed E-state index contributed by atoms with van der Waals surface area (Å²) >= 11 is 0. The van der Waals surface area contributed by atoms with E-state index in [1.54, 1.807) is 13.1 Å². The van der Waals surface area contributed by atoms with Crippen LogP contribution < -0.4 is 10.6 Å². The molecule has 4 heteroatoms. The molecular weight excluding hydrogens is 243 g/mol. The minimum atomic E-state index is -0.329. The number of carbonyl (C=O) groups is 1. The van der Waals surface area contributed by atoms with Crippen molar-refractivity contribution < 1.29 is 9.18 Å². The SMILES string of the molecule is CNc1cc(C)ccc1C(=O)Nc1ccc(F)cc1. The fraction of sp³-hybridized carbons (Fsp3) is 0.133. The molecule has 2 rings (SSSR count). The maximum absolute atomic E-state index is 12.8. The normalized spacial score (nSPS) is 10.1. The Morgan fingerprint density at radius 2 is 1.79 bits per heavy atom. The van der Waals surface area contributed by atoms with Crippen molar-refractivity contribution >= 4 is 17.3 Å². The first kappa shape index (κ1) is 13.1. The van der Waals surface area contributed by atoms with Crippen molar-refractivity contribution in [3.05, 3.63) is 59.4 Å². The van der Waals surface area contributed by atoms with Crippen LogP contribution in [0.5, 0.6) is 0 Å². The summed E-state index contributed by atoms with van der Waals surface area (Å²) in [5.74, 6) is -0.555. The van der Waals surface area contributed by atoms with E-state index >= 15 is 0 Å². The van der Waals surface area contributed by atoms with Crippen LogP contribution in [0.4, 0.5) is 15.8 Å². The summed E-state index contributed by atoms with van der Waals surface area (Å²) in [6.45, 7) is 1.96. The highest BCUT2D eigenvalue weighted by atomic mass is 19.1. The number of aryl methyl sites for hydroxylation is 1. The summed E-state index contributed by atoms with van der Waals surface area (Å²) in [5, 5.41) is 5.73. The van der Waals surface area contributed by atoms with Gasteiger partial charge in [0.1, 0.15) is 5.82 Å². The van der Waals surface area contributed by atoms with Gasteiger partial charge in [0.25, 0.3) is 5.91 Å². The molecule has 19 heavy (non-hydrogen) atoms. The number of hydrogen-bond acceptors (Lipinski definition) is 2. The van der Waals surface area contributed by atoms with Crippen molar-refractivity contribution in [2.24, 2.45) is 0 Å². The molecule has 0 fully saturated rings. The van der Waals surface area contributed by atoms with Crippen LogP contribution in [-0.4, -0.2) is 13.0 Å². The molecule has 0 aromatic heterocycles. The highest BCUT2D eigenvalue weighted by Gasteiger charge is 2.11. The lowest BCUT2D eigenvalue weighted by Gasteiger charge is -2.10. The smallest absolute Gasteiger partial charge is 0.257 e. The van der Waals surface area contributed by atoms with Crippen molar-refractivity contribution in [3.8, 4) is 0 Å². The highest BCUT2D eigenvalue weighted by Crippen LogP contribution is 2.19. The molecule has 0 aliphatic carbocycles. The van der Waals surface area contributed by atoms with Gasteiger partial charge in [0.05, 0.1) is 5.56 Å². The zero-order valence-electron chi connectivity index (χ0n) is 10.8. The van der Waals surface area contributed by atoms with E-state index in [4.69, 9.17) is 0 Å². The van der Waals surface area contributed by atoms with Gasteiger partial charge < -0.3 is 10.6 Å². The lowest BCUT2D eigenvalue weighted by atomic mass is 10.1. The molecule has 0 saturated carbocycles. The van der Waals surface area contributed by atoms with Crippen LogP contribution in [0.3, 0.4) is 0 Å². The van der Waals surface area contributed by atoms with Gasteiger partial charge in [0.2, 0.25) is 0 Å². The second kappa shape index (κ2) is 5.52. The quantitative estimate of drug-likeness (QED) is 0.885. The predicted molar refractivity (Wildman–Crippen MR) is 75.1 cm³/mol. The number of amides is 1. The second-order valence-corrected chi connectivity index (χ2v) is 4.26. The number of hydrogen-bond donors (Lipinski definition) is 2. The Hall–Kier alpha value is -2.36. The molecule has 2 aromatic carbocycles. The van der Waals surface area contributed by atoms with E-state index in [0.29, 0.717) is 11.3 Å². The molecular formula is C15H15FN2O. The van der Waals surface area contributed by atoms with E-state index in [2.05, 4.69) is 10.6 Å². The number of halogens is 1. The Morgan fingerprint density at radius 1 is 1.11 bits per heavy atom. The minimum absolute atomic E-state index is 0.226. The highest BCUT2D eigenvalue weighted by molar-refractivity contribution is 6.08. The molecule has 0 saturated heterocycles. The summed E-state index contributed by atoms with van der Waals surface area (Å²) in [6, 6.07) is 11.2. The molecule has 0 aliphatic rings. The summed E-state index contributed by atoms with van der Waals surface area (Å²) < 4.78 is 12.8. The van der Waals surface area contributed by atoms with E-state index in [9.17, 15) is 9.18 Å². The van der Waals surface area contributed by atoms with Crippen molar-refractivity contribution in [3.63, 3.8) is 0 Å². The van der Waals surface area contributed by atoms with Crippen LogP contribution in [-0.2, 0) is 0 Å². The molecule has 0 radical (unpaired) electrons. The van der Waals surface area contributed by atoms with Crippen molar-refractivity contribution in [1.82, 2.24) is 0 Å². The fourth-order valence-corrected chi connectivity index (χ4v) is 1.79. The van der Waals surface area contributed by atoms with E-state index in [1.165, 1.54) is 24.3 Å². The molecule has 2 aromatic rings. The molecule has 0 bridgehead atoms. The van der Waals surface area contributed by atoms with Gasteiger partial charge in [-0.15, -0.1) is 0 Å². The van der Waals surface area contributed by atoms with Gasteiger partial charge in [0, 0.05) is 18.4 Å². The van der Waals surface area contributed by atoms with Crippen LogP contribution in [0.15, 0.2) is 42.5 Å². The van der Waals surface area contributed by atoms with E-state index in [0.717, 1.165) is 11.3 Å². The van der Waals surface area contributed by atoms with Crippen LogP contribution in [0, 0.1) is 12.7 Å². The van der Waals surface area contributed by atoms with Crippen molar-refractivity contribution in [2.45, 2.75) is 6.92 Å². The third kappa shape index (κ3) is 3.10. The van der Waals surface area contributed by atoms with Gasteiger partial charge in [-0.05, 0) is 48.9 Å². The summed E-state index contributed by atoms with van der Waals surface area (Å²) in [5.41, 5.74) is 2.95. The zero-order chi connectivity index (χ0) is 13.8. The Bertz CT molecular complexity index is 594. The maximum Gasteiger partial charge on any atom is 0.257 e. The molecule has 0 aliphatic heterocycles. The Morgan fingerprint density at radius 3 is 2.42 bits per heavy atom. The zero-order valence-corrected chi connectivity index (χ0v) is 10.8. The molecule has 98 valence electrons. The molecule has 1 amide bonds. The summed E-state index contributed by atoms with van der Waals surface area (Å²) in [4.78, 5) is 12.1. The Kier molecular flexibility index (Phi) is 3.80. The van der Waals surface area contributed by atoms with Crippen LogP contribution in [0.25, 0.3) is 0 Å². The summed E-state index contributed by atoms with van der Waals surface area (Å²) in [6.07, 6.45) is 0. The van der Waals surface area contributed by atoms with Crippen molar-refractivity contribution in [2.75, 3.05) is 17.7 Å². The molecule has 3 nitrogen and oxygen atoms in total. The fourth-order valence-electron chi connectivity index (χ4n) is 1.79. The molecule has 0 spiro atoms. The molecule has 2 N–H and O–H groups in total. The Balaban J connectivity index is 2.22. The van der Waals surface area contributed by atoms with Gasteiger partial charge in [-0.1, -0.05) is 6.07 Å². The largest absolute Gasteiger partial charge is 0.387 e. The van der Waals surface area contributed by atoms with Crippen molar-refractivity contribution in [1.29, 1.82) is 0 Å². The van der Waals surface area contributed by atoms with E-state index in [1.807, 2.05) is 19.1 Å². The first-order valence-corrected chi connectivity index (χ1v) is 5.95. The number of anilines is 2. The van der Waals surface area contributed by atoms with Crippen LogP contribution in [0.1, 0.15) is 15.9 Å². The summed E-state index contributed by atoms with van der Waals surface area (Å²) in [7, 11) is 1.77. The van der Waals surface area contributed by atoms with Crippen LogP contribution >= 0.6 is 0 Å². The van der Waals surface area contributed by atoms with Gasteiger partial charge >= 0.3 is 0 Å². The monoisotopic (exact) mass is 258 g/mol. The third-order valence-corrected chi connectivity index (χ3v) is 2.79. The average molecular weight is 258 g/mol. The first-order chi connectivity index (χ1) is 9.10. The maximum atomic E-state index is 12.8. The second-order valence-electron chi connectivity index (χ2n) is 4.26. The molecule has 0 heterocycles. The predicted octanol–water partition coefficient (Wildman–Crippen LogP) is 3.43. The lowest BCUT2D eigenvalue weighted by molar-refractivity contribution is 0.102. The molecule has 0 atom stereocenters. The van der Waals surface area contributed by atoms with E-state index < -0.39 is 0 Å². The lowest BCUT2D eigenvalue weighted by Crippen LogP contribution is -2.14. The standard InChI is InChI=1S/C15H15FN2O/c1-10-3-8-13(14(9-10)17-2)15(19)18-12-6-4-11(16)5-7-12/h3-9,17H,1-2H3,(H,18,19). The minimum Gasteiger partial charge on any atom is -0.387 e. The third-order valence-electron chi connectivity index (χ3n) is 2.79. The first-order valence-electron chi connectivity index (χ1n) is 5.95. The van der Waals surface area contributed by atoms with Gasteiger partial charge in [-0.25, -0.2) is 4.39 Å².